The molecule has 0 fully saturated rings. The largest absolute Gasteiger partial charge is 0.396 e. The van der Waals surface area contributed by atoms with Gasteiger partial charge in [-0.05, 0) is 52.2 Å². The topological polar surface area (TPSA) is 40.5 Å². The van der Waals surface area contributed by atoms with Crippen LogP contribution in [-0.2, 0) is 0 Å². The van der Waals surface area contributed by atoms with E-state index in [0.29, 0.717) is 13.0 Å². The SMILES string of the molecule is Cc1cc(C)c(C(=O)N(CCCO)C(C)C)c(C)c1. The summed E-state index contributed by atoms with van der Waals surface area (Å²) in [7, 11) is 0. The van der Waals surface area contributed by atoms with Crippen LogP contribution in [0, 0.1) is 20.8 Å². The van der Waals surface area contributed by atoms with E-state index < -0.39 is 0 Å². The van der Waals surface area contributed by atoms with Gasteiger partial charge in [-0.2, -0.15) is 0 Å². The number of aliphatic hydroxyl groups is 1. The third-order valence-electron chi connectivity index (χ3n) is 3.33. The molecule has 0 heterocycles. The van der Waals surface area contributed by atoms with E-state index in [2.05, 4.69) is 0 Å². The highest BCUT2D eigenvalue weighted by Crippen LogP contribution is 2.19. The standard InChI is InChI=1S/C16H25NO2/c1-11(2)17(7-6-8-18)16(19)15-13(4)9-12(3)10-14(15)5/h9-11,18H,6-8H2,1-5H3. The second kappa shape index (κ2) is 6.71. The van der Waals surface area contributed by atoms with Crippen molar-refractivity contribution in [3.05, 3.63) is 34.4 Å². The van der Waals surface area contributed by atoms with Gasteiger partial charge >= 0.3 is 0 Å². The summed E-state index contributed by atoms with van der Waals surface area (Å²) in [6.45, 7) is 10.7. The molecule has 3 heteroatoms. The van der Waals surface area contributed by atoms with E-state index in [1.807, 2.05) is 51.7 Å². The molecule has 3 nitrogen and oxygen atoms in total. The van der Waals surface area contributed by atoms with E-state index >= 15 is 0 Å². The molecule has 0 aliphatic rings. The average Bonchev–Trinajstić information content (AvgIpc) is 2.27. The van der Waals surface area contributed by atoms with Crippen LogP contribution in [0.5, 0.6) is 0 Å². The van der Waals surface area contributed by atoms with Gasteiger partial charge < -0.3 is 10.0 Å². The predicted octanol–water partition coefficient (Wildman–Crippen LogP) is 2.84. The monoisotopic (exact) mass is 263 g/mol. The molecule has 0 saturated heterocycles. The molecular weight excluding hydrogens is 238 g/mol. The summed E-state index contributed by atoms with van der Waals surface area (Å²) >= 11 is 0. The Bertz CT molecular complexity index is 429. The molecule has 0 bridgehead atoms. The Morgan fingerprint density at radius 3 is 2.16 bits per heavy atom. The van der Waals surface area contributed by atoms with Crippen LogP contribution in [-0.4, -0.2) is 35.1 Å². The van der Waals surface area contributed by atoms with Gasteiger partial charge in [0.15, 0.2) is 0 Å². The predicted molar refractivity (Wildman–Crippen MR) is 78.5 cm³/mol. The van der Waals surface area contributed by atoms with Crippen LogP contribution in [0.4, 0.5) is 0 Å². The van der Waals surface area contributed by atoms with Crippen LogP contribution in [0.2, 0.25) is 0 Å². The van der Waals surface area contributed by atoms with Crippen LogP contribution >= 0.6 is 0 Å². The molecule has 1 aromatic carbocycles. The van der Waals surface area contributed by atoms with Crippen LogP contribution in [0.3, 0.4) is 0 Å². The number of amides is 1. The molecule has 106 valence electrons. The fourth-order valence-corrected chi connectivity index (χ4v) is 2.50. The van der Waals surface area contributed by atoms with Crippen LogP contribution < -0.4 is 0 Å². The minimum atomic E-state index is 0.0680. The zero-order valence-electron chi connectivity index (χ0n) is 12.7. The lowest BCUT2D eigenvalue weighted by atomic mass is 9.98. The molecule has 0 atom stereocenters. The molecule has 1 N–H and O–H groups in total. The maximum absolute atomic E-state index is 12.7. The second-order valence-corrected chi connectivity index (χ2v) is 5.44. The molecule has 1 aromatic rings. The second-order valence-electron chi connectivity index (χ2n) is 5.44. The van der Waals surface area contributed by atoms with E-state index in [0.717, 1.165) is 16.7 Å². The summed E-state index contributed by atoms with van der Waals surface area (Å²) < 4.78 is 0. The minimum absolute atomic E-state index is 0.0680. The third kappa shape index (κ3) is 3.80. The lowest BCUT2D eigenvalue weighted by Crippen LogP contribution is -2.38. The number of nitrogens with zero attached hydrogens (tertiary/aromatic N) is 1. The molecule has 1 rings (SSSR count). The van der Waals surface area contributed by atoms with E-state index in [1.54, 1.807) is 0 Å². The first-order chi connectivity index (χ1) is 8.88. The van der Waals surface area contributed by atoms with E-state index in [9.17, 15) is 4.79 Å². The molecule has 1 amide bonds. The van der Waals surface area contributed by atoms with E-state index in [4.69, 9.17) is 5.11 Å². The number of hydrogen-bond donors (Lipinski definition) is 1. The van der Waals surface area contributed by atoms with Crippen LogP contribution in [0.1, 0.15) is 47.3 Å². The van der Waals surface area contributed by atoms with Crippen molar-refractivity contribution in [3.63, 3.8) is 0 Å². The minimum Gasteiger partial charge on any atom is -0.396 e. The molecule has 0 aliphatic heterocycles. The summed E-state index contributed by atoms with van der Waals surface area (Å²) in [6.07, 6.45) is 0.619. The van der Waals surface area contributed by atoms with Crippen molar-refractivity contribution in [2.24, 2.45) is 0 Å². The average molecular weight is 263 g/mol. The Hall–Kier alpha value is -1.35. The first-order valence-electron chi connectivity index (χ1n) is 6.88. The molecular formula is C16H25NO2. The molecule has 19 heavy (non-hydrogen) atoms. The van der Waals surface area contributed by atoms with E-state index in [-0.39, 0.29) is 18.6 Å². The number of carbonyl (C=O) groups excluding carboxylic acids is 1. The molecule has 0 spiro atoms. The fourth-order valence-electron chi connectivity index (χ4n) is 2.50. The van der Waals surface area contributed by atoms with Gasteiger partial charge in [-0.3, -0.25) is 4.79 Å². The lowest BCUT2D eigenvalue weighted by Gasteiger charge is -2.28. The van der Waals surface area contributed by atoms with Gasteiger partial charge in [-0.1, -0.05) is 17.7 Å². The number of rotatable bonds is 5. The highest BCUT2D eigenvalue weighted by Gasteiger charge is 2.21. The van der Waals surface area contributed by atoms with Gasteiger partial charge in [-0.25, -0.2) is 0 Å². The summed E-state index contributed by atoms with van der Waals surface area (Å²) in [5.41, 5.74) is 4.03. The summed E-state index contributed by atoms with van der Waals surface area (Å²) in [5.74, 6) is 0.0680. The Balaban J connectivity index is 3.09. The lowest BCUT2D eigenvalue weighted by molar-refractivity contribution is 0.0691. The van der Waals surface area contributed by atoms with Gasteiger partial charge in [0.1, 0.15) is 0 Å². The van der Waals surface area contributed by atoms with Crippen molar-refractivity contribution in [1.29, 1.82) is 0 Å². The number of aryl methyl sites for hydroxylation is 3. The fraction of sp³-hybridized carbons (Fsp3) is 0.562. The Labute approximate surface area is 116 Å². The zero-order valence-corrected chi connectivity index (χ0v) is 12.7. The van der Waals surface area contributed by atoms with Gasteiger partial charge in [0.25, 0.3) is 5.91 Å². The van der Waals surface area contributed by atoms with Crippen molar-refractivity contribution in [2.45, 2.75) is 47.1 Å². The Kier molecular flexibility index (Phi) is 5.55. The summed E-state index contributed by atoms with van der Waals surface area (Å²) in [5, 5.41) is 8.96. The molecule has 0 unspecified atom stereocenters. The normalized spacial score (nSPS) is 10.9. The smallest absolute Gasteiger partial charge is 0.254 e. The maximum Gasteiger partial charge on any atom is 0.254 e. The number of aliphatic hydroxyl groups excluding tert-OH is 1. The number of benzene rings is 1. The van der Waals surface area contributed by atoms with E-state index in [1.165, 1.54) is 5.56 Å². The first-order valence-corrected chi connectivity index (χ1v) is 6.88. The Morgan fingerprint density at radius 1 is 1.21 bits per heavy atom. The van der Waals surface area contributed by atoms with Gasteiger partial charge in [0, 0.05) is 24.8 Å². The summed E-state index contributed by atoms with van der Waals surface area (Å²) in [6, 6.07) is 4.23. The molecule has 0 aliphatic carbocycles. The Morgan fingerprint density at radius 2 is 1.74 bits per heavy atom. The first kappa shape index (κ1) is 15.7. The molecule has 0 aromatic heterocycles. The molecule has 0 radical (unpaired) electrons. The zero-order chi connectivity index (χ0) is 14.6. The quantitative estimate of drug-likeness (QED) is 0.887. The highest BCUT2D eigenvalue weighted by atomic mass is 16.3. The number of hydrogen-bond acceptors (Lipinski definition) is 2. The van der Waals surface area contributed by atoms with Crippen molar-refractivity contribution < 1.29 is 9.90 Å². The van der Waals surface area contributed by atoms with Crippen molar-refractivity contribution in [2.75, 3.05) is 13.2 Å². The van der Waals surface area contributed by atoms with Crippen molar-refractivity contribution >= 4 is 5.91 Å². The van der Waals surface area contributed by atoms with Crippen molar-refractivity contribution in [1.82, 2.24) is 4.90 Å². The van der Waals surface area contributed by atoms with Crippen LogP contribution in [0.25, 0.3) is 0 Å². The van der Waals surface area contributed by atoms with Gasteiger partial charge in [0.05, 0.1) is 0 Å². The maximum atomic E-state index is 12.7. The van der Waals surface area contributed by atoms with Crippen LogP contribution in [0.15, 0.2) is 12.1 Å². The van der Waals surface area contributed by atoms with Gasteiger partial charge in [-0.15, -0.1) is 0 Å². The van der Waals surface area contributed by atoms with Gasteiger partial charge in [0.2, 0.25) is 0 Å². The molecule has 0 saturated carbocycles. The number of carbonyl (C=O) groups is 1. The van der Waals surface area contributed by atoms with Crippen molar-refractivity contribution in [3.8, 4) is 0 Å². The highest BCUT2D eigenvalue weighted by molar-refractivity contribution is 5.97. The summed E-state index contributed by atoms with van der Waals surface area (Å²) in [4.78, 5) is 14.5. The third-order valence-corrected chi connectivity index (χ3v) is 3.33.